The monoisotopic (exact) mass is 484 g/mol. The summed E-state index contributed by atoms with van der Waals surface area (Å²) in [5.74, 6) is -0.404. The Bertz CT molecular complexity index is 1270. The number of aryl methyl sites for hydroxylation is 4. The van der Waals surface area contributed by atoms with Crippen LogP contribution in [0, 0.1) is 27.7 Å². The molecule has 0 fully saturated rings. The van der Waals surface area contributed by atoms with Crippen LogP contribution in [-0.4, -0.2) is 20.9 Å². The number of nitrogens with zero attached hydrogens (tertiary/aromatic N) is 1. The predicted octanol–water partition coefficient (Wildman–Crippen LogP) is 5.65. The van der Waals surface area contributed by atoms with E-state index in [-0.39, 0.29) is 17.5 Å². The van der Waals surface area contributed by atoms with Crippen LogP contribution in [0.2, 0.25) is 5.02 Å². The van der Waals surface area contributed by atoms with E-state index in [2.05, 4.69) is 5.32 Å². The van der Waals surface area contributed by atoms with Crippen molar-refractivity contribution < 1.29 is 13.2 Å². The number of hydrogen-bond acceptors (Lipinski definition) is 3. The van der Waals surface area contributed by atoms with Crippen LogP contribution in [0.3, 0.4) is 0 Å². The van der Waals surface area contributed by atoms with Gasteiger partial charge in [-0.2, -0.15) is 0 Å². The Morgan fingerprint density at radius 3 is 2.18 bits per heavy atom. The number of benzene rings is 3. The summed E-state index contributed by atoms with van der Waals surface area (Å²) in [5.41, 5.74) is 5.16. The van der Waals surface area contributed by atoms with Crippen molar-refractivity contribution in [1.29, 1.82) is 0 Å². The summed E-state index contributed by atoms with van der Waals surface area (Å²) in [6.45, 7) is 9.18. The molecular formula is C26H29ClN2O3S. The van der Waals surface area contributed by atoms with Gasteiger partial charge in [-0.1, -0.05) is 59.1 Å². The Morgan fingerprint density at radius 1 is 0.909 bits per heavy atom. The molecule has 7 heteroatoms. The van der Waals surface area contributed by atoms with E-state index in [9.17, 15) is 13.2 Å². The van der Waals surface area contributed by atoms with Crippen LogP contribution in [-0.2, 0) is 14.8 Å². The third kappa shape index (κ3) is 5.75. The molecule has 0 radical (unpaired) electrons. The number of rotatable bonds is 7. The van der Waals surface area contributed by atoms with Gasteiger partial charge in [0.15, 0.2) is 0 Å². The number of carbonyl (C=O) groups is 1. The molecule has 0 heterocycles. The molecule has 0 aliphatic heterocycles. The minimum atomic E-state index is -4.01. The lowest BCUT2D eigenvalue weighted by molar-refractivity contribution is -0.120. The minimum Gasteiger partial charge on any atom is -0.348 e. The largest absolute Gasteiger partial charge is 0.348 e. The van der Waals surface area contributed by atoms with Gasteiger partial charge >= 0.3 is 0 Å². The number of carbonyl (C=O) groups excluding carboxylic acids is 1. The number of amides is 1. The molecule has 0 aliphatic rings. The first-order chi connectivity index (χ1) is 15.5. The Morgan fingerprint density at radius 2 is 1.52 bits per heavy atom. The minimum absolute atomic E-state index is 0.114. The lowest BCUT2D eigenvalue weighted by atomic mass is 10.00. The van der Waals surface area contributed by atoms with Crippen LogP contribution >= 0.6 is 11.6 Å². The van der Waals surface area contributed by atoms with Crippen LogP contribution in [0.5, 0.6) is 0 Å². The normalized spacial score (nSPS) is 12.3. The number of sulfonamides is 1. The second kappa shape index (κ2) is 9.98. The zero-order valence-electron chi connectivity index (χ0n) is 19.5. The molecule has 3 rings (SSSR count). The Hall–Kier alpha value is -2.83. The fourth-order valence-corrected chi connectivity index (χ4v) is 5.35. The van der Waals surface area contributed by atoms with Crippen molar-refractivity contribution >= 4 is 33.2 Å². The van der Waals surface area contributed by atoms with Gasteiger partial charge < -0.3 is 5.32 Å². The zero-order chi connectivity index (χ0) is 24.3. The Labute approximate surface area is 201 Å². The van der Waals surface area contributed by atoms with Crippen molar-refractivity contribution in [3.63, 3.8) is 0 Å². The van der Waals surface area contributed by atoms with Gasteiger partial charge in [0.25, 0.3) is 10.0 Å². The molecule has 0 aromatic heterocycles. The summed E-state index contributed by atoms with van der Waals surface area (Å²) < 4.78 is 28.3. The van der Waals surface area contributed by atoms with Crippen molar-refractivity contribution in [2.45, 2.75) is 45.6 Å². The highest BCUT2D eigenvalue weighted by molar-refractivity contribution is 7.92. The van der Waals surface area contributed by atoms with Gasteiger partial charge in [-0.15, -0.1) is 0 Å². The first kappa shape index (κ1) is 24.8. The fourth-order valence-electron chi connectivity index (χ4n) is 3.71. The van der Waals surface area contributed by atoms with Crippen LogP contribution in [0.25, 0.3) is 0 Å². The standard InChI is InChI=1S/C26H29ClN2O3S/c1-17-7-12-23(13-8-17)33(31,32)29(25-15-22(27)11-10-20(25)4)16-26(30)28-21(5)24-14-18(2)6-9-19(24)3/h6-15,21H,16H2,1-5H3,(H,28,30). The van der Waals surface area contributed by atoms with Crippen LogP contribution in [0.1, 0.15) is 40.8 Å². The lowest BCUT2D eigenvalue weighted by Gasteiger charge is -2.27. The van der Waals surface area contributed by atoms with E-state index in [4.69, 9.17) is 11.6 Å². The summed E-state index contributed by atoms with van der Waals surface area (Å²) in [7, 11) is -4.01. The van der Waals surface area contributed by atoms with Crippen molar-refractivity contribution in [3.05, 3.63) is 93.5 Å². The number of halogens is 1. The molecule has 3 aromatic carbocycles. The SMILES string of the molecule is Cc1ccc(S(=O)(=O)N(CC(=O)NC(C)c2cc(C)ccc2C)c2cc(Cl)ccc2C)cc1. The van der Waals surface area contributed by atoms with Crippen LogP contribution in [0.4, 0.5) is 5.69 Å². The molecule has 3 aromatic rings. The van der Waals surface area contributed by atoms with E-state index in [1.165, 1.54) is 0 Å². The Balaban J connectivity index is 1.96. The maximum Gasteiger partial charge on any atom is 0.264 e. The van der Waals surface area contributed by atoms with E-state index in [0.717, 1.165) is 26.6 Å². The molecule has 0 saturated carbocycles. The molecular weight excluding hydrogens is 456 g/mol. The van der Waals surface area contributed by atoms with Gasteiger partial charge in [-0.25, -0.2) is 8.42 Å². The van der Waals surface area contributed by atoms with Crippen molar-refractivity contribution in [3.8, 4) is 0 Å². The number of anilines is 1. The average Bonchev–Trinajstić information content (AvgIpc) is 2.75. The van der Waals surface area contributed by atoms with Crippen molar-refractivity contribution in [1.82, 2.24) is 5.32 Å². The van der Waals surface area contributed by atoms with E-state index < -0.39 is 15.9 Å². The fraction of sp³-hybridized carbons (Fsp3) is 0.269. The molecule has 0 spiro atoms. The van der Waals surface area contributed by atoms with Gasteiger partial charge in [0, 0.05) is 5.02 Å². The van der Waals surface area contributed by atoms with E-state index in [1.54, 1.807) is 49.4 Å². The zero-order valence-corrected chi connectivity index (χ0v) is 21.1. The van der Waals surface area contributed by atoms with Gasteiger partial charge in [-0.3, -0.25) is 9.10 Å². The second-order valence-corrected chi connectivity index (χ2v) is 10.7. The van der Waals surface area contributed by atoms with Crippen LogP contribution < -0.4 is 9.62 Å². The predicted molar refractivity (Wildman–Crippen MR) is 134 cm³/mol. The summed E-state index contributed by atoms with van der Waals surface area (Å²) >= 11 is 6.19. The molecule has 174 valence electrons. The topological polar surface area (TPSA) is 66.5 Å². The highest BCUT2D eigenvalue weighted by Gasteiger charge is 2.29. The van der Waals surface area contributed by atoms with Gasteiger partial charge in [0.05, 0.1) is 16.6 Å². The molecule has 33 heavy (non-hydrogen) atoms. The third-order valence-corrected chi connectivity index (χ3v) is 7.62. The molecule has 0 bridgehead atoms. The van der Waals surface area contributed by atoms with Crippen LogP contribution in [0.15, 0.2) is 65.6 Å². The molecule has 0 saturated heterocycles. The molecule has 1 atom stereocenters. The second-order valence-electron chi connectivity index (χ2n) is 8.40. The molecule has 1 unspecified atom stereocenters. The highest BCUT2D eigenvalue weighted by atomic mass is 35.5. The number of hydrogen-bond donors (Lipinski definition) is 1. The third-order valence-electron chi connectivity index (χ3n) is 5.61. The van der Waals surface area contributed by atoms with E-state index in [1.807, 2.05) is 45.9 Å². The molecule has 1 amide bonds. The summed E-state index contributed by atoms with van der Waals surface area (Å²) in [4.78, 5) is 13.2. The molecule has 0 aliphatic carbocycles. The number of nitrogens with one attached hydrogen (secondary N) is 1. The summed E-state index contributed by atoms with van der Waals surface area (Å²) in [6.07, 6.45) is 0. The van der Waals surface area contributed by atoms with Gasteiger partial charge in [0.2, 0.25) is 5.91 Å². The Kier molecular flexibility index (Phi) is 7.50. The molecule has 5 nitrogen and oxygen atoms in total. The quantitative estimate of drug-likeness (QED) is 0.471. The van der Waals surface area contributed by atoms with E-state index >= 15 is 0 Å². The van der Waals surface area contributed by atoms with Gasteiger partial charge in [0.1, 0.15) is 6.54 Å². The smallest absolute Gasteiger partial charge is 0.264 e. The van der Waals surface area contributed by atoms with E-state index in [0.29, 0.717) is 16.3 Å². The first-order valence-electron chi connectivity index (χ1n) is 10.7. The van der Waals surface area contributed by atoms with Gasteiger partial charge in [-0.05, 0) is 75.6 Å². The van der Waals surface area contributed by atoms with Crippen molar-refractivity contribution in [2.24, 2.45) is 0 Å². The first-order valence-corrected chi connectivity index (χ1v) is 12.5. The highest BCUT2D eigenvalue weighted by Crippen LogP contribution is 2.30. The maximum atomic E-state index is 13.6. The van der Waals surface area contributed by atoms with Crippen molar-refractivity contribution in [2.75, 3.05) is 10.8 Å². The summed E-state index contributed by atoms with van der Waals surface area (Å²) in [6, 6.07) is 17.4. The average molecular weight is 485 g/mol. The lowest BCUT2D eigenvalue weighted by Crippen LogP contribution is -2.42. The maximum absolute atomic E-state index is 13.6. The summed E-state index contributed by atoms with van der Waals surface area (Å²) in [5, 5.41) is 3.35. The molecule has 1 N–H and O–H groups in total.